The third-order valence-electron chi connectivity index (χ3n) is 4.88. The summed E-state index contributed by atoms with van der Waals surface area (Å²) in [7, 11) is 3.16. The van der Waals surface area contributed by atoms with Gasteiger partial charge in [0.05, 0.1) is 26.8 Å². The molecule has 4 rings (SSSR count). The maximum Gasteiger partial charge on any atom is 0.270 e. The largest absolute Gasteiger partial charge is 0.310 e. The van der Waals surface area contributed by atoms with Gasteiger partial charge in [-0.25, -0.2) is 4.99 Å². The fourth-order valence-electron chi connectivity index (χ4n) is 3.43. The first kappa shape index (κ1) is 20.1. The van der Waals surface area contributed by atoms with Gasteiger partial charge in [-0.15, -0.1) is 0 Å². The average molecular weight is 443 g/mol. The highest BCUT2D eigenvalue weighted by molar-refractivity contribution is 8.18. The molecule has 2 aliphatic heterocycles. The maximum absolute atomic E-state index is 13.0. The monoisotopic (exact) mass is 442 g/mol. The summed E-state index contributed by atoms with van der Waals surface area (Å²) in [5, 5.41) is 12.3. The van der Waals surface area contributed by atoms with Crippen molar-refractivity contribution in [1.82, 2.24) is 4.90 Å². The molecule has 0 aromatic heterocycles. The van der Waals surface area contributed by atoms with Crippen LogP contribution in [-0.2, 0) is 9.59 Å². The Bertz CT molecular complexity index is 1190. The van der Waals surface area contributed by atoms with Crippen LogP contribution < -0.4 is 4.90 Å². The number of rotatable bonds is 2. The summed E-state index contributed by atoms with van der Waals surface area (Å²) in [5.74, 6) is -0.771. The van der Waals surface area contributed by atoms with Gasteiger partial charge in [-0.05, 0) is 48.5 Å². The zero-order valence-corrected chi connectivity index (χ0v) is 17.7. The first-order chi connectivity index (χ1) is 14.2. The summed E-state index contributed by atoms with van der Waals surface area (Å²) in [4.78, 5) is 44.2. The van der Waals surface area contributed by atoms with Gasteiger partial charge in [0.1, 0.15) is 0 Å². The normalized spacial score (nSPS) is 19.8. The van der Waals surface area contributed by atoms with E-state index in [4.69, 9.17) is 11.6 Å². The highest BCUT2D eigenvalue weighted by Crippen LogP contribution is 2.46. The average Bonchev–Trinajstić information content (AvgIpc) is 3.11. The topological polar surface area (TPSA) is 96.1 Å². The minimum atomic E-state index is -0.512. The first-order valence-corrected chi connectivity index (χ1v) is 10.0. The van der Waals surface area contributed by atoms with Crippen molar-refractivity contribution in [2.45, 2.75) is 6.92 Å². The number of halogens is 1. The van der Waals surface area contributed by atoms with Crippen LogP contribution in [0, 0.1) is 17.0 Å². The molecule has 8 nitrogen and oxygen atoms in total. The number of carbonyl (C=O) groups is 2. The van der Waals surface area contributed by atoms with E-state index in [0.717, 1.165) is 11.8 Å². The number of likely N-dealkylation sites (N-methyl/N-ethyl adjacent to an activating group) is 2. The van der Waals surface area contributed by atoms with Crippen LogP contribution in [-0.4, -0.2) is 40.9 Å². The van der Waals surface area contributed by atoms with Gasteiger partial charge in [-0.1, -0.05) is 11.6 Å². The smallest absolute Gasteiger partial charge is 0.270 e. The van der Waals surface area contributed by atoms with Gasteiger partial charge in [0.2, 0.25) is 0 Å². The lowest BCUT2D eigenvalue weighted by atomic mass is 10.0. The van der Waals surface area contributed by atoms with Gasteiger partial charge in [0.15, 0.2) is 5.17 Å². The fourth-order valence-corrected chi connectivity index (χ4v) is 4.63. The number of nitro groups is 1. The zero-order valence-electron chi connectivity index (χ0n) is 16.2. The number of aryl methyl sites for hydroxylation is 1. The number of benzene rings is 2. The van der Waals surface area contributed by atoms with Crippen LogP contribution in [0.2, 0.25) is 5.02 Å². The van der Waals surface area contributed by atoms with E-state index in [-0.39, 0.29) is 28.0 Å². The number of hydrogen-bond donors (Lipinski definition) is 0. The second-order valence-corrected chi connectivity index (χ2v) is 8.24. The molecule has 2 amide bonds. The molecule has 10 heteroatoms. The molecule has 0 aliphatic carbocycles. The van der Waals surface area contributed by atoms with Crippen LogP contribution in [0.5, 0.6) is 0 Å². The minimum Gasteiger partial charge on any atom is -0.310 e. The number of nitro benzene ring substituents is 1. The van der Waals surface area contributed by atoms with Gasteiger partial charge >= 0.3 is 0 Å². The number of aliphatic imine (C=N–C) groups is 1. The van der Waals surface area contributed by atoms with Crippen molar-refractivity contribution >= 4 is 63.0 Å². The second kappa shape index (κ2) is 7.26. The Morgan fingerprint density at radius 1 is 1.07 bits per heavy atom. The third-order valence-corrected chi connectivity index (χ3v) is 6.26. The van der Waals surface area contributed by atoms with E-state index in [1.807, 2.05) is 0 Å². The molecule has 0 radical (unpaired) electrons. The summed E-state index contributed by atoms with van der Waals surface area (Å²) in [6, 6.07) is 9.57. The second-order valence-electron chi connectivity index (χ2n) is 6.82. The molecule has 30 heavy (non-hydrogen) atoms. The van der Waals surface area contributed by atoms with Crippen LogP contribution >= 0.6 is 23.4 Å². The van der Waals surface area contributed by atoms with Gasteiger partial charge in [0.25, 0.3) is 17.5 Å². The predicted octanol–water partition coefficient (Wildman–Crippen LogP) is 4.14. The number of amidine groups is 1. The Labute approximate surface area is 181 Å². The number of anilines is 1. The van der Waals surface area contributed by atoms with E-state index in [9.17, 15) is 19.7 Å². The predicted molar refractivity (Wildman–Crippen MR) is 117 cm³/mol. The molecule has 2 aliphatic rings. The van der Waals surface area contributed by atoms with Crippen LogP contribution in [0.1, 0.15) is 11.1 Å². The van der Waals surface area contributed by atoms with Crippen molar-refractivity contribution in [2.24, 2.45) is 4.99 Å². The Balaban J connectivity index is 1.86. The molecular formula is C20H15ClN4O4S. The molecule has 1 saturated heterocycles. The van der Waals surface area contributed by atoms with Gasteiger partial charge in [0, 0.05) is 36.8 Å². The summed E-state index contributed by atoms with van der Waals surface area (Å²) < 4.78 is 0. The zero-order chi connectivity index (χ0) is 21.7. The first-order valence-electron chi connectivity index (χ1n) is 8.81. The molecular weight excluding hydrogens is 428 g/mol. The molecule has 0 spiro atoms. The highest BCUT2D eigenvalue weighted by Gasteiger charge is 2.41. The van der Waals surface area contributed by atoms with Crippen LogP contribution in [0.3, 0.4) is 0 Å². The minimum absolute atomic E-state index is 0.133. The number of amides is 2. The molecule has 0 unspecified atom stereocenters. The summed E-state index contributed by atoms with van der Waals surface area (Å²) in [5.41, 5.74) is 2.16. The van der Waals surface area contributed by atoms with Gasteiger partial charge in [-0.2, -0.15) is 0 Å². The van der Waals surface area contributed by atoms with E-state index in [1.54, 1.807) is 45.3 Å². The lowest BCUT2D eigenvalue weighted by Gasteiger charge is -2.11. The molecule has 0 bridgehead atoms. The third kappa shape index (κ3) is 3.16. The van der Waals surface area contributed by atoms with E-state index in [0.29, 0.717) is 32.7 Å². The van der Waals surface area contributed by atoms with Crippen molar-refractivity contribution in [2.75, 3.05) is 19.0 Å². The molecule has 2 aromatic rings. The van der Waals surface area contributed by atoms with Gasteiger partial charge in [-0.3, -0.25) is 24.6 Å². The highest BCUT2D eigenvalue weighted by atomic mass is 35.5. The molecule has 0 atom stereocenters. The van der Waals surface area contributed by atoms with E-state index in [1.165, 1.54) is 21.9 Å². The lowest BCUT2D eigenvalue weighted by molar-refractivity contribution is -0.384. The van der Waals surface area contributed by atoms with Crippen LogP contribution in [0.25, 0.3) is 5.57 Å². The van der Waals surface area contributed by atoms with E-state index >= 15 is 0 Å². The van der Waals surface area contributed by atoms with Gasteiger partial charge < -0.3 is 4.90 Å². The number of thioether (sulfide) groups is 1. The molecule has 2 aromatic carbocycles. The lowest BCUT2D eigenvalue weighted by Crippen LogP contribution is -2.25. The number of non-ortho nitro benzene ring substituents is 1. The Morgan fingerprint density at radius 3 is 2.37 bits per heavy atom. The maximum atomic E-state index is 13.0. The number of fused-ring (bicyclic) bond motifs is 1. The molecule has 152 valence electrons. The fraction of sp³-hybridized carbons (Fsp3) is 0.150. The SMILES string of the molecule is Cc1cc([N+](=O)[O-])cc2c1N(C)C(=O)/C2=C1\SC(=Nc2ccc(Cl)cc2)N(C)C1=O. The standard InChI is InChI=1S/C20H15ClN4O4S/c1-10-8-13(25(28)29)9-14-15(18(26)23(2)16(10)14)17-19(27)24(3)20(30-17)22-12-6-4-11(21)5-7-12/h4-9H,1-3H3/b17-15-,22-20?. The Kier molecular flexibility index (Phi) is 4.87. The van der Waals surface area contributed by atoms with Crippen molar-refractivity contribution in [1.29, 1.82) is 0 Å². The van der Waals surface area contributed by atoms with Crippen molar-refractivity contribution in [3.8, 4) is 0 Å². The molecule has 0 saturated carbocycles. The van der Waals surface area contributed by atoms with Crippen molar-refractivity contribution in [3.63, 3.8) is 0 Å². The number of nitrogens with zero attached hydrogens (tertiary/aromatic N) is 4. The number of hydrogen-bond acceptors (Lipinski definition) is 6. The summed E-state index contributed by atoms with van der Waals surface area (Å²) in [6.07, 6.45) is 0. The molecule has 0 N–H and O–H groups in total. The summed E-state index contributed by atoms with van der Waals surface area (Å²) in [6.45, 7) is 1.70. The van der Waals surface area contributed by atoms with Crippen LogP contribution in [0.4, 0.5) is 17.1 Å². The van der Waals surface area contributed by atoms with Crippen molar-refractivity contribution in [3.05, 3.63) is 67.6 Å². The number of carbonyl (C=O) groups excluding carboxylic acids is 2. The van der Waals surface area contributed by atoms with E-state index in [2.05, 4.69) is 4.99 Å². The van der Waals surface area contributed by atoms with Crippen LogP contribution in [0.15, 0.2) is 46.3 Å². The summed E-state index contributed by atoms with van der Waals surface area (Å²) >= 11 is 6.97. The van der Waals surface area contributed by atoms with Crippen molar-refractivity contribution < 1.29 is 14.5 Å². The quantitative estimate of drug-likeness (QED) is 0.395. The molecule has 2 heterocycles. The molecule has 1 fully saturated rings. The Hall–Kier alpha value is -3.17. The Morgan fingerprint density at radius 2 is 1.73 bits per heavy atom. The van der Waals surface area contributed by atoms with E-state index < -0.39 is 4.92 Å².